The van der Waals surface area contributed by atoms with Crippen molar-refractivity contribution >= 4 is 27.5 Å². The highest BCUT2D eigenvalue weighted by molar-refractivity contribution is 9.10. The first kappa shape index (κ1) is 20.6. The summed E-state index contributed by atoms with van der Waals surface area (Å²) >= 11 is 9.84. The van der Waals surface area contributed by atoms with Crippen molar-refractivity contribution in [1.29, 1.82) is 0 Å². The first-order valence-corrected chi connectivity index (χ1v) is 11.7. The van der Waals surface area contributed by atoms with Gasteiger partial charge in [-0.05, 0) is 113 Å². The summed E-state index contributed by atoms with van der Waals surface area (Å²) in [5.74, 6) is 1.77. The molecule has 2 fully saturated rings. The summed E-state index contributed by atoms with van der Waals surface area (Å²) in [5.41, 5.74) is 1.37. The van der Waals surface area contributed by atoms with E-state index < -0.39 is 0 Å². The number of likely N-dealkylation sites (tertiary alicyclic amines) is 1. The molecule has 26 heavy (non-hydrogen) atoms. The molecule has 2 aliphatic rings. The summed E-state index contributed by atoms with van der Waals surface area (Å²) < 4.78 is 1.21. The van der Waals surface area contributed by atoms with Gasteiger partial charge >= 0.3 is 0 Å². The molecule has 0 radical (unpaired) electrons. The second-order valence-corrected chi connectivity index (χ2v) is 9.58. The molecule has 1 N–H and O–H groups in total. The number of piperidine rings is 1. The van der Waals surface area contributed by atoms with Gasteiger partial charge in [0, 0.05) is 15.5 Å². The molecule has 1 saturated carbocycles. The SMILES string of the molecule is CCNC1CCC(CCN2CCC(Cc3cc(Cl)ccc3Br)CC2)CC1. The molecule has 4 heteroatoms. The van der Waals surface area contributed by atoms with E-state index in [0.717, 1.165) is 35.9 Å². The van der Waals surface area contributed by atoms with E-state index in [1.807, 2.05) is 6.07 Å². The molecule has 3 rings (SSSR count). The van der Waals surface area contributed by atoms with E-state index in [-0.39, 0.29) is 0 Å². The molecule has 1 aromatic carbocycles. The maximum atomic E-state index is 6.17. The highest BCUT2D eigenvalue weighted by atomic mass is 79.9. The van der Waals surface area contributed by atoms with Crippen molar-refractivity contribution in [2.75, 3.05) is 26.2 Å². The number of halogens is 2. The van der Waals surface area contributed by atoms with Gasteiger partial charge in [0.05, 0.1) is 0 Å². The lowest BCUT2D eigenvalue weighted by Gasteiger charge is -2.34. The van der Waals surface area contributed by atoms with Crippen LogP contribution in [-0.4, -0.2) is 37.1 Å². The number of rotatable bonds is 7. The van der Waals surface area contributed by atoms with Gasteiger partial charge in [-0.2, -0.15) is 0 Å². The van der Waals surface area contributed by atoms with E-state index in [4.69, 9.17) is 11.6 Å². The molecule has 1 saturated heterocycles. The van der Waals surface area contributed by atoms with Gasteiger partial charge in [0.2, 0.25) is 0 Å². The zero-order valence-corrected chi connectivity index (χ0v) is 18.5. The van der Waals surface area contributed by atoms with Crippen molar-refractivity contribution in [2.45, 2.75) is 64.3 Å². The molecule has 0 amide bonds. The van der Waals surface area contributed by atoms with Crippen molar-refractivity contribution in [3.8, 4) is 0 Å². The van der Waals surface area contributed by atoms with E-state index in [1.54, 1.807) is 0 Å². The van der Waals surface area contributed by atoms with Gasteiger partial charge in [-0.1, -0.05) is 34.5 Å². The molecule has 0 bridgehead atoms. The van der Waals surface area contributed by atoms with Crippen LogP contribution in [0.25, 0.3) is 0 Å². The lowest BCUT2D eigenvalue weighted by atomic mass is 9.83. The third-order valence-electron chi connectivity index (χ3n) is 6.42. The summed E-state index contributed by atoms with van der Waals surface area (Å²) in [6, 6.07) is 6.96. The molecule has 2 nitrogen and oxygen atoms in total. The monoisotopic (exact) mass is 440 g/mol. The largest absolute Gasteiger partial charge is 0.314 e. The molecule has 0 spiro atoms. The average molecular weight is 442 g/mol. The standard InChI is InChI=1S/C22H34BrClN2/c1-2-25-21-6-3-17(4-7-21)9-12-26-13-10-18(11-14-26)15-19-16-20(24)5-8-22(19)23/h5,8,16-18,21,25H,2-4,6-7,9-15H2,1H3. The maximum absolute atomic E-state index is 6.17. The Kier molecular flexibility index (Phi) is 8.30. The van der Waals surface area contributed by atoms with E-state index in [1.165, 1.54) is 74.6 Å². The van der Waals surface area contributed by atoms with Crippen LogP contribution in [0.3, 0.4) is 0 Å². The molecular weight excluding hydrogens is 408 g/mol. The lowest BCUT2D eigenvalue weighted by molar-refractivity contribution is 0.163. The van der Waals surface area contributed by atoms with Crippen molar-refractivity contribution in [3.05, 3.63) is 33.3 Å². The molecule has 0 unspecified atom stereocenters. The van der Waals surface area contributed by atoms with E-state index >= 15 is 0 Å². The molecular formula is C22H34BrClN2. The third-order valence-corrected chi connectivity index (χ3v) is 7.43. The lowest BCUT2D eigenvalue weighted by Crippen LogP contribution is -2.37. The zero-order chi connectivity index (χ0) is 18.4. The molecule has 146 valence electrons. The summed E-state index contributed by atoms with van der Waals surface area (Å²) in [6.07, 6.45) is 10.8. The summed E-state index contributed by atoms with van der Waals surface area (Å²) in [5, 5.41) is 4.47. The minimum absolute atomic E-state index is 0.790. The van der Waals surface area contributed by atoms with Crippen molar-refractivity contribution in [1.82, 2.24) is 10.2 Å². The number of hydrogen-bond acceptors (Lipinski definition) is 2. The Labute approximate surface area is 173 Å². The molecule has 1 aliphatic carbocycles. The van der Waals surface area contributed by atoms with Gasteiger partial charge in [-0.15, -0.1) is 0 Å². The molecule has 0 aromatic heterocycles. The Morgan fingerprint density at radius 3 is 2.50 bits per heavy atom. The van der Waals surface area contributed by atoms with Crippen LogP contribution in [0.2, 0.25) is 5.02 Å². The van der Waals surface area contributed by atoms with Crippen LogP contribution >= 0.6 is 27.5 Å². The van der Waals surface area contributed by atoms with Crippen LogP contribution in [0.5, 0.6) is 0 Å². The molecule has 1 aromatic rings. The Balaban J connectivity index is 1.35. The van der Waals surface area contributed by atoms with Gasteiger partial charge in [-0.25, -0.2) is 0 Å². The van der Waals surface area contributed by atoms with Crippen LogP contribution < -0.4 is 5.32 Å². The van der Waals surface area contributed by atoms with Crippen molar-refractivity contribution < 1.29 is 0 Å². The fourth-order valence-corrected chi connectivity index (χ4v) is 5.34. The summed E-state index contributed by atoms with van der Waals surface area (Å²) in [4.78, 5) is 2.71. The average Bonchev–Trinajstić information content (AvgIpc) is 2.65. The van der Waals surface area contributed by atoms with Crippen molar-refractivity contribution in [2.24, 2.45) is 11.8 Å². The fourth-order valence-electron chi connectivity index (χ4n) is 4.73. The minimum atomic E-state index is 0.790. The van der Waals surface area contributed by atoms with Crippen LogP contribution in [0.15, 0.2) is 22.7 Å². The third kappa shape index (κ3) is 6.22. The number of nitrogens with zero attached hydrogens (tertiary/aromatic N) is 1. The molecule has 0 atom stereocenters. The molecule has 1 aliphatic heterocycles. The van der Waals surface area contributed by atoms with Gasteiger partial charge in [0.25, 0.3) is 0 Å². The predicted molar refractivity (Wildman–Crippen MR) is 116 cm³/mol. The minimum Gasteiger partial charge on any atom is -0.314 e. The zero-order valence-electron chi connectivity index (χ0n) is 16.2. The normalized spacial score (nSPS) is 25.5. The van der Waals surface area contributed by atoms with Gasteiger partial charge in [0.15, 0.2) is 0 Å². The van der Waals surface area contributed by atoms with Crippen LogP contribution in [0.1, 0.15) is 57.4 Å². The second kappa shape index (κ2) is 10.5. The fraction of sp³-hybridized carbons (Fsp3) is 0.727. The van der Waals surface area contributed by atoms with Gasteiger partial charge < -0.3 is 10.2 Å². The Morgan fingerprint density at radius 1 is 1.08 bits per heavy atom. The van der Waals surface area contributed by atoms with Crippen LogP contribution in [0, 0.1) is 11.8 Å². The smallest absolute Gasteiger partial charge is 0.0409 e. The van der Waals surface area contributed by atoms with E-state index in [2.05, 4.69) is 45.2 Å². The molecule has 1 heterocycles. The first-order chi connectivity index (χ1) is 12.6. The summed E-state index contributed by atoms with van der Waals surface area (Å²) in [6.45, 7) is 7.20. The number of nitrogens with one attached hydrogen (secondary N) is 1. The highest BCUT2D eigenvalue weighted by Gasteiger charge is 2.23. The summed E-state index contributed by atoms with van der Waals surface area (Å²) in [7, 11) is 0. The quantitative estimate of drug-likeness (QED) is 0.565. The second-order valence-electron chi connectivity index (χ2n) is 8.29. The topological polar surface area (TPSA) is 15.3 Å². The van der Waals surface area contributed by atoms with Crippen molar-refractivity contribution in [3.63, 3.8) is 0 Å². The number of hydrogen-bond donors (Lipinski definition) is 1. The van der Waals surface area contributed by atoms with E-state index in [9.17, 15) is 0 Å². The first-order valence-electron chi connectivity index (χ1n) is 10.5. The Morgan fingerprint density at radius 2 is 1.81 bits per heavy atom. The predicted octanol–water partition coefficient (Wildman–Crippen LogP) is 5.92. The van der Waals surface area contributed by atoms with E-state index in [0.29, 0.717) is 0 Å². The van der Waals surface area contributed by atoms with Gasteiger partial charge in [0.1, 0.15) is 0 Å². The maximum Gasteiger partial charge on any atom is 0.0409 e. The van der Waals surface area contributed by atoms with Crippen LogP contribution in [0.4, 0.5) is 0 Å². The van der Waals surface area contributed by atoms with Gasteiger partial charge in [-0.3, -0.25) is 0 Å². The van der Waals surface area contributed by atoms with Crippen LogP contribution in [-0.2, 0) is 6.42 Å². The Hall–Kier alpha value is -0.0900. The highest BCUT2D eigenvalue weighted by Crippen LogP contribution is 2.30. The number of benzene rings is 1. The Bertz CT molecular complexity index is 549.